The molecule has 19 heavy (non-hydrogen) atoms. The first-order valence-corrected chi connectivity index (χ1v) is 6.61. The van der Waals surface area contributed by atoms with Crippen LogP contribution in [0.4, 0.5) is 0 Å². The zero-order chi connectivity index (χ0) is 13.4. The van der Waals surface area contributed by atoms with E-state index < -0.39 is 0 Å². The molecule has 6 heteroatoms. The predicted octanol–water partition coefficient (Wildman–Crippen LogP) is 1.68. The molecule has 3 aromatic heterocycles. The van der Waals surface area contributed by atoms with E-state index in [1.54, 1.807) is 29.1 Å². The molecule has 3 aromatic rings. The number of rotatable bonds is 3. The lowest BCUT2D eigenvalue weighted by atomic mass is 10.2. The first kappa shape index (κ1) is 11.9. The van der Waals surface area contributed by atoms with Gasteiger partial charge in [-0.2, -0.15) is 0 Å². The Bertz CT molecular complexity index is 813. The molecule has 0 amide bonds. The van der Waals surface area contributed by atoms with Crippen LogP contribution in [0.2, 0.25) is 0 Å². The number of carbonyl (C=O) groups excluding carboxylic acids is 1. The van der Waals surface area contributed by atoms with Gasteiger partial charge in [-0.05, 0) is 17.5 Å². The number of Topliss-reactive ketones (excluding diaryl/α,β-unsaturated/α-hetero) is 1. The Labute approximate surface area is 112 Å². The van der Waals surface area contributed by atoms with Crippen LogP contribution < -0.4 is 5.56 Å². The average Bonchev–Trinajstić information content (AvgIpc) is 3.01. The molecule has 3 rings (SSSR count). The fourth-order valence-corrected chi connectivity index (χ4v) is 2.64. The minimum absolute atomic E-state index is 0.0155. The average molecular weight is 273 g/mol. The molecule has 0 bridgehead atoms. The maximum absolute atomic E-state index is 12.1. The van der Waals surface area contributed by atoms with Gasteiger partial charge in [-0.25, -0.2) is 4.98 Å². The van der Waals surface area contributed by atoms with E-state index in [-0.39, 0.29) is 17.9 Å². The Kier molecular flexibility index (Phi) is 2.79. The Balaban J connectivity index is 1.95. The van der Waals surface area contributed by atoms with Crippen LogP contribution in [0.5, 0.6) is 0 Å². The van der Waals surface area contributed by atoms with Gasteiger partial charge >= 0.3 is 0 Å². The highest BCUT2D eigenvalue weighted by atomic mass is 32.1. The van der Waals surface area contributed by atoms with Crippen molar-refractivity contribution in [2.45, 2.75) is 6.54 Å². The summed E-state index contributed by atoms with van der Waals surface area (Å²) < 4.78 is 3.15. The van der Waals surface area contributed by atoms with E-state index in [0.29, 0.717) is 15.8 Å². The van der Waals surface area contributed by atoms with Crippen molar-refractivity contribution < 1.29 is 4.79 Å². The summed E-state index contributed by atoms with van der Waals surface area (Å²) in [4.78, 5) is 29.1. The first-order chi connectivity index (χ1) is 9.15. The normalized spacial score (nSPS) is 11.0. The summed E-state index contributed by atoms with van der Waals surface area (Å²) in [5.41, 5.74) is 0.426. The second-order valence-electron chi connectivity index (χ2n) is 4.31. The van der Waals surface area contributed by atoms with Crippen LogP contribution in [0.15, 0.2) is 41.0 Å². The number of aromatic nitrogens is 3. The van der Waals surface area contributed by atoms with E-state index in [9.17, 15) is 9.59 Å². The fourth-order valence-electron chi connectivity index (χ4n) is 1.92. The summed E-state index contributed by atoms with van der Waals surface area (Å²) >= 11 is 1.42. The molecule has 0 radical (unpaired) electrons. The molecule has 0 fully saturated rings. The quantitative estimate of drug-likeness (QED) is 0.682. The second kappa shape index (κ2) is 4.47. The van der Waals surface area contributed by atoms with Crippen LogP contribution >= 0.6 is 11.3 Å². The highest BCUT2D eigenvalue weighted by molar-refractivity contribution is 7.16. The van der Waals surface area contributed by atoms with Gasteiger partial charge in [0.1, 0.15) is 4.83 Å². The van der Waals surface area contributed by atoms with Crippen molar-refractivity contribution in [2.75, 3.05) is 0 Å². The Morgan fingerprint density at radius 1 is 1.42 bits per heavy atom. The predicted molar refractivity (Wildman–Crippen MR) is 73.6 cm³/mol. The minimum atomic E-state index is -0.171. The van der Waals surface area contributed by atoms with E-state index in [4.69, 9.17) is 0 Å². The minimum Gasteiger partial charge on any atom is -0.357 e. The third kappa shape index (κ3) is 2.10. The van der Waals surface area contributed by atoms with Gasteiger partial charge in [0.2, 0.25) is 0 Å². The third-order valence-electron chi connectivity index (χ3n) is 2.92. The lowest BCUT2D eigenvalue weighted by Gasteiger charge is -2.03. The molecule has 0 spiro atoms. The van der Waals surface area contributed by atoms with Crippen molar-refractivity contribution in [1.29, 1.82) is 0 Å². The van der Waals surface area contributed by atoms with Gasteiger partial charge in [-0.15, -0.1) is 11.3 Å². The van der Waals surface area contributed by atoms with E-state index in [2.05, 4.69) is 4.98 Å². The highest BCUT2D eigenvalue weighted by Gasteiger charge is 2.11. The van der Waals surface area contributed by atoms with Gasteiger partial charge < -0.3 is 4.57 Å². The maximum atomic E-state index is 12.1. The van der Waals surface area contributed by atoms with Gasteiger partial charge in [0, 0.05) is 25.0 Å². The van der Waals surface area contributed by atoms with Crippen LogP contribution in [0.3, 0.4) is 0 Å². The van der Waals surface area contributed by atoms with Gasteiger partial charge in [-0.3, -0.25) is 14.2 Å². The van der Waals surface area contributed by atoms with E-state index >= 15 is 0 Å². The highest BCUT2D eigenvalue weighted by Crippen LogP contribution is 2.13. The van der Waals surface area contributed by atoms with Crippen molar-refractivity contribution in [2.24, 2.45) is 7.05 Å². The first-order valence-electron chi connectivity index (χ1n) is 5.73. The second-order valence-corrected chi connectivity index (χ2v) is 5.20. The molecule has 0 unspecified atom stereocenters. The molecule has 0 aliphatic heterocycles. The van der Waals surface area contributed by atoms with E-state index in [1.165, 1.54) is 22.2 Å². The van der Waals surface area contributed by atoms with Crippen molar-refractivity contribution >= 4 is 27.3 Å². The summed E-state index contributed by atoms with van der Waals surface area (Å²) in [5.74, 6) is -0.0981. The third-order valence-corrected chi connectivity index (χ3v) is 3.74. The number of carbonyl (C=O) groups is 1. The lowest BCUT2D eigenvalue weighted by Crippen LogP contribution is -2.24. The standard InChI is InChI=1S/C13H11N3O2S/c1-15-4-2-9(6-15)11(17)7-16-8-14-12-10(13(16)18)3-5-19-12/h2-6,8H,7H2,1H3. The van der Waals surface area contributed by atoms with Crippen LogP contribution in [-0.4, -0.2) is 19.9 Å². The zero-order valence-electron chi connectivity index (χ0n) is 10.2. The lowest BCUT2D eigenvalue weighted by molar-refractivity contribution is 0.0970. The molecule has 0 saturated heterocycles. The maximum Gasteiger partial charge on any atom is 0.262 e. The molecule has 0 atom stereocenters. The number of fused-ring (bicyclic) bond motifs is 1. The zero-order valence-corrected chi connectivity index (χ0v) is 11.1. The van der Waals surface area contributed by atoms with Crippen molar-refractivity contribution in [1.82, 2.24) is 14.1 Å². The van der Waals surface area contributed by atoms with Crippen LogP contribution in [0, 0.1) is 0 Å². The molecule has 0 N–H and O–H groups in total. The number of thiophene rings is 1. The number of hydrogen-bond acceptors (Lipinski definition) is 4. The number of nitrogens with zero attached hydrogens (tertiary/aromatic N) is 3. The number of hydrogen-bond donors (Lipinski definition) is 0. The van der Waals surface area contributed by atoms with E-state index in [0.717, 1.165) is 0 Å². The fraction of sp³-hybridized carbons (Fsp3) is 0.154. The summed E-state index contributed by atoms with van der Waals surface area (Å²) in [6.07, 6.45) is 4.97. The molecule has 0 aliphatic rings. The topological polar surface area (TPSA) is 56.9 Å². The van der Waals surface area contributed by atoms with Crippen LogP contribution in [-0.2, 0) is 13.6 Å². The molecule has 5 nitrogen and oxygen atoms in total. The van der Waals surface area contributed by atoms with Crippen LogP contribution in [0.25, 0.3) is 10.2 Å². The number of aryl methyl sites for hydroxylation is 1. The molecule has 0 aromatic carbocycles. The summed E-state index contributed by atoms with van der Waals surface area (Å²) in [6.45, 7) is 0.0155. The van der Waals surface area contributed by atoms with Gasteiger partial charge in [-0.1, -0.05) is 0 Å². The smallest absolute Gasteiger partial charge is 0.262 e. The Morgan fingerprint density at radius 3 is 3.00 bits per heavy atom. The largest absolute Gasteiger partial charge is 0.357 e. The molecule has 0 saturated carbocycles. The van der Waals surface area contributed by atoms with Gasteiger partial charge in [0.15, 0.2) is 5.78 Å². The number of ketones is 1. The Hall–Kier alpha value is -2.21. The van der Waals surface area contributed by atoms with Crippen molar-refractivity contribution in [3.63, 3.8) is 0 Å². The molecule has 0 aliphatic carbocycles. The van der Waals surface area contributed by atoms with Gasteiger partial charge in [0.05, 0.1) is 18.3 Å². The Morgan fingerprint density at radius 2 is 2.26 bits per heavy atom. The molecule has 96 valence electrons. The van der Waals surface area contributed by atoms with Crippen molar-refractivity contribution in [3.8, 4) is 0 Å². The monoisotopic (exact) mass is 273 g/mol. The SMILES string of the molecule is Cn1ccc(C(=O)Cn2cnc3sccc3c2=O)c1. The molecule has 3 heterocycles. The summed E-state index contributed by atoms with van der Waals surface area (Å²) in [7, 11) is 1.85. The summed E-state index contributed by atoms with van der Waals surface area (Å²) in [6, 6.07) is 3.47. The van der Waals surface area contributed by atoms with E-state index in [1.807, 2.05) is 12.4 Å². The molecular weight excluding hydrogens is 262 g/mol. The van der Waals surface area contributed by atoms with Gasteiger partial charge in [0.25, 0.3) is 5.56 Å². The molecular formula is C13H11N3O2S. The van der Waals surface area contributed by atoms with Crippen molar-refractivity contribution in [3.05, 3.63) is 52.2 Å². The van der Waals surface area contributed by atoms with Crippen LogP contribution in [0.1, 0.15) is 10.4 Å². The summed E-state index contributed by atoms with van der Waals surface area (Å²) in [5, 5.41) is 2.39.